The second-order valence-electron chi connectivity index (χ2n) is 5.78. The van der Waals surface area contributed by atoms with Gasteiger partial charge in [-0.25, -0.2) is 0 Å². The standard InChI is InChI=1S/C12H23NO5/c1-11(2)15-6-7(13)9(17-11)10-8(5-14)16-12(3,4)18-10/h7-10,14H,5-6,13H2,1-4H3/t7-,8-,9-,10-/m1/s1. The van der Waals surface area contributed by atoms with Crippen molar-refractivity contribution >= 4 is 0 Å². The lowest BCUT2D eigenvalue weighted by molar-refractivity contribution is -0.299. The second kappa shape index (κ2) is 4.70. The molecule has 0 unspecified atom stereocenters. The average molecular weight is 261 g/mol. The second-order valence-corrected chi connectivity index (χ2v) is 5.78. The quantitative estimate of drug-likeness (QED) is 0.727. The molecule has 3 N–H and O–H groups in total. The minimum atomic E-state index is -0.733. The number of aliphatic hydroxyl groups excluding tert-OH is 1. The van der Waals surface area contributed by atoms with E-state index in [2.05, 4.69) is 0 Å². The number of rotatable bonds is 2. The van der Waals surface area contributed by atoms with E-state index in [0.29, 0.717) is 6.61 Å². The summed E-state index contributed by atoms with van der Waals surface area (Å²) >= 11 is 0. The summed E-state index contributed by atoms with van der Waals surface area (Å²) in [5.74, 6) is -1.43. The van der Waals surface area contributed by atoms with Gasteiger partial charge in [0.05, 0.1) is 19.3 Å². The fraction of sp³-hybridized carbons (Fsp3) is 1.00. The molecule has 2 saturated heterocycles. The minimum Gasteiger partial charge on any atom is -0.394 e. The van der Waals surface area contributed by atoms with Gasteiger partial charge in [0.1, 0.15) is 18.3 Å². The Hall–Kier alpha value is -0.240. The first-order valence-electron chi connectivity index (χ1n) is 6.28. The molecule has 0 aromatic carbocycles. The Labute approximate surface area is 107 Å². The van der Waals surface area contributed by atoms with Gasteiger partial charge in [0.25, 0.3) is 0 Å². The highest BCUT2D eigenvalue weighted by atomic mass is 16.8. The number of ether oxygens (including phenoxy) is 4. The molecular weight excluding hydrogens is 238 g/mol. The lowest BCUT2D eigenvalue weighted by Crippen LogP contribution is -2.59. The molecule has 6 heteroatoms. The van der Waals surface area contributed by atoms with E-state index in [1.54, 1.807) is 0 Å². The summed E-state index contributed by atoms with van der Waals surface area (Å²) in [5.41, 5.74) is 6.02. The number of hydrogen-bond donors (Lipinski definition) is 2. The molecule has 106 valence electrons. The molecule has 0 aromatic rings. The molecule has 4 atom stereocenters. The van der Waals surface area contributed by atoms with Gasteiger partial charge in [-0.2, -0.15) is 0 Å². The largest absolute Gasteiger partial charge is 0.394 e. The third kappa shape index (κ3) is 2.84. The van der Waals surface area contributed by atoms with Crippen molar-refractivity contribution in [1.29, 1.82) is 0 Å². The number of hydrogen-bond acceptors (Lipinski definition) is 6. The average Bonchev–Trinajstić information content (AvgIpc) is 2.57. The predicted molar refractivity (Wildman–Crippen MR) is 63.8 cm³/mol. The van der Waals surface area contributed by atoms with Gasteiger partial charge in [-0.3, -0.25) is 0 Å². The first-order valence-corrected chi connectivity index (χ1v) is 6.28. The topological polar surface area (TPSA) is 83.2 Å². The Balaban J connectivity index is 2.13. The van der Waals surface area contributed by atoms with Crippen LogP contribution in [0.1, 0.15) is 27.7 Å². The van der Waals surface area contributed by atoms with E-state index in [4.69, 9.17) is 24.7 Å². The van der Waals surface area contributed by atoms with Gasteiger partial charge in [-0.05, 0) is 27.7 Å². The van der Waals surface area contributed by atoms with E-state index in [-0.39, 0.29) is 24.9 Å². The van der Waals surface area contributed by atoms with Crippen molar-refractivity contribution in [1.82, 2.24) is 0 Å². The zero-order valence-corrected chi connectivity index (χ0v) is 11.4. The molecule has 0 bridgehead atoms. The van der Waals surface area contributed by atoms with E-state index in [1.165, 1.54) is 0 Å². The molecule has 2 heterocycles. The maximum absolute atomic E-state index is 9.38. The summed E-state index contributed by atoms with van der Waals surface area (Å²) in [6.07, 6.45) is -1.17. The summed E-state index contributed by atoms with van der Waals surface area (Å²) in [6.45, 7) is 7.57. The molecule has 2 aliphatic rings. The molecule has 2 rings (SSSR count). The van der Waals surface area contributed by atoms with Crippen molar-refractivity contribution in [3.63, 3.8) is 0 Å². The van der Waals surface area contributed by atoms with Gasteiger partial charge in [0.15, 0.2) is 11.6 Å². The van der Waals surface area contributed by atoms with E-state index >= 15 is 0 Å². The van der Waals surface area contributed by atoms with Gasteiger partial charge in [-0.1, -0.05) is 0 Å². The Kier molecular flexibility index (Phi) is 3.70. The van der Waals surface area contributed by atoms with Crippen LogP contribution in [0.5, 0.6) is 0 Å². The van der Waals surface area contributed by atoms with E-state index in [0.717, 1.165) is 0 Å². The zero-order valence-electron chi connectivity index (χ0n) is 11.4. The van der Waals surface area contributed by atoms with Crippen LogP contribution >= 0.6 is 0 Å². The lowest BCUT2D eigenvalue weighted by Gasteiger charge is -2.42. The Morgan fingerprint density at radius 2 is 1.67 bits per heavy atom. The maximum atomic E-state index is 9.38. The van der Waals surface area contributed by atoms with Crippen LogP contribution in [0.2, 0.25) is 0 Å². The zero-order chi connectivity index (χ0) is 13.6. The highest BCUT2D eigenvalue weighted by Gasteiger charge is 2.50. The lowest BCUT2D eigenvalue weighted by atomic mass is 10.0. The van der Waals surface area contributed by atoms with Gasteiger partial charge in [0.2, 0.25) is 0 Å². The maximum Gasteiger partial charge on any atom is 0.164 e. The first-order chi connectivity index (χ1) is 8.24. The van der Waals surface area contributed by atoms with E-state index in [1.807, 2.05) is 27.7 Å². The monoisotopic (exact) mass is 261 g/mol. The molecule has 2 fully saturated rings. The summed E-state index contributed by atoms with van der Waals surface area (Å²) in [5, 5.41) is 9.38. The van der Waals surface area contributed by atoms with Gasteiger partial charge >= 0.3 is 0 Å². The van der Waals surface area contributed by atoms with Crippen molar-refractivity contribution in [2.75, 3.05) is 13.2 Å². The fourth-order valence-corrected chi connectivity index (χ4v) is 2.43. The third-order valence-corrected chi connectivity index (χ3v) is 3.19. The summed E-state index contributed by atoms with van der Waals surface area (Å²) in [4.78, 5) is 0. The highest BCUT2D eigenvalue weighted by molar-refractivity contribution is 4.94. The number of aliphatic hydroxyl groups is 1. The van der Waals surface area contributed by atoms with Gasteiger partial charge < -0.3 is 29.8 Å². The van der Waals surface area contributed by atoms with Crippen molar-refractivity contribution in [3.8, 4) is 0 Å². The van der Waals surface area contributed by atoms with Crippen molar-refractivity contribution < 1.29 is 24.1 Å². The predicted octanol–water partition coefficient (Wildman–Crippen LogP) is -0.0224. The number of nitrogens with two attached hydrogens (primary N) is 1. The summed E-state index contributed by atoms with van der Waals surface area (Å²) in [7, 11) is 0. The first kappa shape index (κ1) is 14.2. The molecule has 0 spiro atoms. The molecule has 18 heavy (non-hydrogen) atoms. The van der Waals surface area contributed by atoms with Gasteiger partial charge in [-0.15, -0.1) is 0 Å². The molecule has 2 aliphatic heterocycles. The normalized spacial score (nSPS) is 43.0. The fourth-order valence-electron chi connectivity index (χ4n) is 2.43. The van der Waals surface area contributed by atoms with Crippen LogP contribution in [0.25, 0.3) is 0 Å². The van der Waals surface area contributed by atoms with Crippen LogP contribution in [-0.4, -0.2) is 54.2 Å². The minimum absolute atomic E-state index is 0.123. The SMILES string of the molecule is CC1(C)OC[C@@H](N)[C@H]([C@@H]2OC(C)(C)O[C@@H]2CO)O1. The van der Waals surface area contributed by atoms with Crippen molar-refractivity contribution in [3.05, 3.63) is 0 Å². The molecule has 0 amide bonds. The van der Waals surface area contributed by atoms with Crippen molar-refractivity contribution in [2.24, 2.45) is 5.73 Å². The highest BCUT2D eigenvalue weighted by Crippen LogP contribution is 2.34. The molecule has 0 aliphatic carbocycles. The molecule has 0 saturated carbocycles. The molecular formula is C12H23NO5. The van der Waals surface area contributed by atoms with Crippen molar-refractivity contribution in [2.45, 2.75) is 63.6 Å². The summed E-state index contributed by atoms with van der Waals surface area (Å²) in [6, 6.07) is -0.297. The van der Waals surface area contributed by atoms with Crippen LogP contribution in [0, 0.1) is 0 Å². The molecule has 6 nitrogen and oxygen atoms in total. The molecule has 0 radical (unpaired) electrons. The van der Waals surface area contributed by atoms with E-state index < -0.39 is 17.7 Å². The van der Waals surface area contributed by atoms with Gasteiger partial charge in [0, 0.05) is 0 Å². The van der Waals surface area contributed by atoms with Crippen LogP contribution < -0.4 is 5.73 Å². The van der Waals surface area contributed by atoms with Crippen LogP contribution in [0.4, 0.5) is 0 Å². The smallest absolute Gasteiger partial charge is 0.164 e. The molecule has 0 aromatic heterocycles. The Morgan fingerprint density at radius 1 is 1.06 bits per heavy atom. The van der Waals surface area contributed by atoms with Crippen LogP contribution in [-0.2, 0) is 18.9 Å². The van der Waals surface area contributed by atoms with E-state index in [9.17, 15) is 5.11 Å². The third-order valence-electron chi connectivity index (χ3n) is 3.19. The Bertz CT molecular complexity index is 305. The Morgan fingerprint density at radius 3 is 2.28 bits per heavy atom. The summed E-state index contributed by atoms with van der Waals surface area (Å²) < 4.78 is 22.8. The van der Waals surface area contributed by atoms with Crippen LogP contribution in [0.15, 0.2) is 0 Å². The van der Waals surface area contributed by atoms with Crippen LogP contribution in [0.3, 0.4) is 0 Å².